The molecule has 0 aromatic heterocycles. The molecular weight excluding hydrogens is 224 g/mol. The Morgan fingerprint density at radius 1 is 1.47 bits per heavy atom. The summed E-state index contributed by atoms with van der Waals surface area (Å²) < 4.78 is 0. The van der Waals surface area contributed by atoms with E-state index in [4.69, 9.17) is 5.73 Å². The van der Waals surface area contributed by atoms with Gasteiger partial charge in [-0.15, -0.1) is 0 Å². The Morgan fingerprint density at radius 2 is 2.12 bits per heavy atom. The third-order valence-corrected chi connectivity index (χ3v) is 2.56. The van der Waals surface area contributed by atoms with Crippen LogP contribution in [0, 0.1) is 0 Å². The molecule has 4 N–H and O–H groups in total. The summed E-state index contributed by atoms with van der Waals surface area (Å²) in [7, 11) is 0. The zero-order chi connectivity index (χ0) is 12.7. The van der Waals surface area contributed by atoms with Crippen LogP contribution in [0.25, 0.3) is 0 Å². The topological polar surface area (TPSA) is 96.7 Å². The van der Waals surface area contributed by atoms with Gasteiger partial charge in [0.25, 0.3) is 5.91 Å². The molecule has 0 aliphatic carbocycles. The summed E-state index contributed by atoms with van der Waals surface area (Å²) >= 11 is 0. The molecule has 1 atom stereocenters. The van der Waals surface area contributed by atoms with Crippen LogP contribution >= 0.6 is 0 Å². The van der Waals surface area contributed by atoms with Crippen LogP contribution < -0.4 is 16.5 Å². The number of nitrogens with one attached hydrogen (secondary N) is 2. The summed E-state index contributed by atoms with van der Waals surface area (Å²) in [6.45, 7) is 5.66. The lowest BCUT2D eigenvalue weighted by Gasteiger charge is -2.28. The number of hydrogen-bond acceptors (Lipinski definition) is 6. The predicted octanol–water partition coefficient (Wildman–Crippen LogP) is -1.80. The smallest absolute Gasteiger partial charge is 0.331 e. The number of nitrogens with two attached hydrogens (primary N) is 1. The standard InChI is InChI=1S/C10H20N4O3/c1-2-9(15)17-13-10(16)8(11)7-14-5-3-12-4-6-14/h8,12H,2-7,11H2,1H3,(H,13,16)/t8-/m0/s1. The number of hydrogen-bond donors (Lipinski definition) is 3. The molecule has 0 spiro atoms. The first-order chi connectivity index (χ1) is 8.13. The number of nitrogens with zero attached hydrogens (tertiary/aromatic N) is 1. The lowest BCUT2D eigenvalue weighted by molar-refractivity contribution is -0.158. The van der Waals surface area contributed by atoms with Crippen molar-refractivity contribution in [3.8, 4) is 0 Å². The van der Waals surface area contributed by atoms with E-state index in [2.05, 4.69) is 20.5 Å². The highest BCUT2D eigenvalue weighted by Crippen LogP contribution is 1.94. The fourth-order valence-electron chi connectivity index (χ4n) is 1.51. The minimum atomic E-state index is -0.683. The second kappa shape index (κ2) is 7.21. The lowest BCUT2D eigenvalue weighted by Crippen LogP contribution is -2.52. The molecule has 1 heterocycles. The molecule has 7 heteroatoms. The van der Waals surface area contributed by atoms with E-state index in [9.17, 15) is 9.59 Å². The first-order valence-corrected chi connectivity index (χ1v) is 5.81. The van der Waals surface area contributed by atoms with E-state index < -0.39 is 17.9 Å². The number of carbonyl (C=O) groups excluding carboxylic acids is 2. The second-order valence-electron chi connectivity index (χ2n) is 3.95. The van der Waals surface area contributed by atoms with Gasteiger partial charge >= 0.3 is 5.97 Å². The Hall–Kier alpha value is -1.18. The van der Waals surface area contributed by atoms with E-state index in [0.717, 1.165) is 26.2 Å². The van der Waals surface area contributed by atoms with Crippen molar-refractivity contribution >= 4 is 11.9 Å². The third kappa shape index (κ3) is 5.12. The number of piperazine rings is 1. The van der Waals surface area contributed by atoms with E-state index in [1.54, 1.807) is 6.92 Å². The third-order valence-electron chi connectivity index (χ3n) is 2.56. The number of hydroxylamine groups is 1. The molecule has 0 saturated carbocycles. The fraction of sp³-hybridized carbons (Fsp3) is 0.800. The monoisotopic (exact) mass is 244 g/mol. The average Bonchev–Trinajstić information content (AvgIpc) is 2.36. The Labute approximate surface area is 101 Å². The molecule has 0 aromatic rings. The van der Waals surface area contributed by atoms with Crippen molar-refractivity contribution in [2.45, 2.75) is 19.4 Å². The minimum Gasteiger partial charge on any atom is -0.341 e. The van der Waals surface area contributed by atoms with Crippen LogP contribution in [0.5, 0.6) is 0 Å². The van der Waals surface area contributed by atoms with Gasteiger partial charge in [-0.25, -0.2) is 4.79 Å². The highest BCUT2D eigenvalue weighted by molar-refractivity contribution is 5.82. The molecule has 0 bridgehead atoms. The lowest BCUT2D eigenvalue weighted by atomic mass is 10.2. The van der Waals surface area contributed by atoms with E-state index in [1.165, 1.54) is 0 Å². The maximum absolute atomic E-state index is 11.5. The van der Waals surface area contributed by atoms with E-state index in [1.807, 2.05) is 0 Å². The van der Waals surface area contributed by atoms with Crippen LogP contribution in [-0.4, -0.2) is 55.5 Å². The molecule has 17 heavy (non-hydrogen) atoms. The SMILES string of the molecule is CCC(=O)ONC(=O)[C@@H](N)CN1CCNCC1. The minimum absolute atomic E-state index is 0.216. The van der Waals surface area contributed by atoms with Crippen LogP contribution in [0.3, 0.4) is 0 Å². The van der Waals surface area contributed by atoms with Crippen LogP contribution in [0.4, 0.5) is 0 Å². The van der Waals surface area contributed by atoms with Crippen LogP contribution in [0.15, 0.2) is 0 Å². The van der Waals surface area contributed by atoms with Crippen molar-refractivity contribution in [1.82, 2.24) is 15.7 Å². The Balaban J connectivity index is 2.23. The predicted molar refractivity (Wildman–Crippen MR) is 61.8 cm³/mol. The molecule has 7 nitrogen and oxygen atoms in total. The molecule has 1 amide bonds. The van der Waals surface area contributed by atoms with E-state index >= 15 is 0 Å². The molecule has 1 aliphatic rings. The van der Waals surface area contributed by atoms with Crippen molar-refractivity contribution in [2.75, 3.05) is 32.7 Å². The van der Waals surface area contributed by atoms with Crippen molar-refractivity contribution < 1.29 is 14.4 Å². The zero-order valence-electron chi connectivity index (χ0n) is 10.1. The van der Waals surface area contributed by atoms with Crippen LogP contribution in [0.2, 0.25) is 0 Å². The summed E-state index contributed by atoms with van der Waals surface area (Å²) in [6, 6.07) is -0.683. The Kier molecular flexibility index (Phi) is 5.88. The summed E-state index contributed by atoms with van der Waals surface area (Å²) in [5.74, 6) is -0.946. The van der Waals surface area contributed by atoms with Gasteiger partial charge < -0.3 is 15.9 Å². The highest BCUT2D eigenvalue weighted by atomic mass is 16.7. The van der Waals surface area contributed by atoms with Crippen LogP contribution in [-0.2, 0) is 14.4 Å². The highest BCUT2D eigenvalue weighted by Gasteiger charge is 2.19. The van der Waals surface area contributed by atoms with Gasteiger partial charge in [0.15, 0.2) is 0 Å². The molecule has 0 radical (unpaired) electrons. The van der Waals surface area contributed by atoms with Gasteiger partial charge in [-0.05, 0) is 0 Å². The maximum Gasteiger partial charge on any atom is 0.331 e. The molecule has 0 aromatic carbocycles. The van der Waals surface area contributed by atoms with Gasteiger partial charge in [0.05, 0.1) is 0 Å². The summed E-state index contributed by atoms with van der Waals surface area (Å²) in [6.07, 6.45) is 0.216. The Morgan fingerprint density at radius 3 is 2.71 bits per heavy atom. The normalized spacial score (nSPS) is 18.5. The first kappa shape index (κ1) is 13.9. The number of carbonyl (C=O) groups is 2. The molecule has 1 rings (SSSR count). The van der Waals surface area contributed by atoms with Crippen LogP contribution in [0.1, 0.15) is 13.3 Å². The Bertz CT molecular complexity index is 266. The molecule has 1 aliphatic heterocycles. The van der Waals surface area contributed by atoms with Gasteiger partial charge in [0.1, 0.15) is 6.04 Å². The molecular formula is C10H20N4O3. The maximum atomic E-state index is 11.5. The molecule has 1 fully saturated rings. The van der Waals surface area contributed by atoms with Crippen molar-refractivity contribution in [2.24, 2.45) is 5.73 Å². The zero-order valence-corrected chi connectivity index (χ0v) is 10.1. The van der Waals surface area contributed by atoms with E-state index in [-0.39, 0.29) is 6.42 Å². The van der Waals surface area contributed by atoms with Crippen molar-refractivity contribution in [3.05, 3.63) is 0 Å². The second-order valence-corrected chi connectivity index (χ2v) is 3.95. The van der Waals surface area contributed by atoms with Crippen molar-refractivity contribution in [1.29, 1.82) is 0 Å². The number of rotatable bonds is 4. The van der Waals surface area contributed by atoms with Gasteiger partial charge in [-0.3, -0.25) is 9.69 Å². The van der Waals surface area contributed by atoms with Gasteiger partial charge in [-0.1, -0.05) is 6.92 Å². The van der Waals surface area contributed by atoms with E-state index in [0.29, 0.717) is 6.54 Å². The summed E-state index contributed by atoms with van der Waals surface area (Å²) in [5.41, 5.74) is 7.78. The van der Waals surface area contributed by atoms with Gasteiger partial charge in [-0.2, -0.15) is 5.48 Å². The van der Waals surface area contributed by atoms with Crippen molar-refractivity contribution in [3.63, 3.8) is 0 Å². The largest absolute Gasteiger partial charge is 0.341 e. The first-order valence-electron chi connectivity index (χ1n) is 5.81. The van der Waals surface area contributed by atoms with Gasteiger partial charge in [0, 0.05) is 39.1 Å². The number of amides is 1. The molecule has 1 saturated heterocycles. The summed E-state index contributed by atoms with van der Waals surface area (Å²) in [4.78, 5) is 28.9. The fourth-order valence-corrected chi connectivity index (χ4v) is 1.51. The summed E-state index contributed by atoms with van der Waals surface area (Å²) in [5, 5.41) is 3.21. The average molecular weight is 244 g/mol. The molecule has 98 valence electrons. The van der Waals surface area contributed by atoms with Gasteiger partial charge in [0.2, 0.25) is 0 Å². The molecule has 0 unspecified atom stereocenters. The quantitative estimate of drug-likeness (QED) is 0.505.